The largest absolute Gasteiger partial charge is 1.00 e. The van der Waals surface area contributed by atoms with Gasteiger partial charge in [0.15, 0.2) is 0 Å². The van der Waals surface area contributed by atoms with Crippen molar-refractivity contribution in [3.63, 3.8) is 0 Å². The van der Waals surface area contributed by atoms with E-state index < -0.39 is 15.6 Å². The van der Waals surface area contributed by atoms with Crippen molar-refractivity contribution in [2.45, 2.75) is 151 Å². The molecule has 0 heterocycles. The Labute approximate surface area is 445 Å². The average molecular weight is 967 g/mol. The van der Waals surface area contributed by atoms with Crippen molar-refractivity contribution in [1.29, 1.82) is 0 Å². The van der Waals surface area contributed by atoms with Crippen molar-refractivity contribution in [2.24, 2.45) is 0 Å². The number of hydrogen-bond acceptors (Lipinski definition) is 8. The van der Waals surface area contributed by atoms with Crippen LogP contribution in [0.4, 0.5) is 0 Å². The zero-order chi connectivity index (χ0) is 44.6. The number of phosphoric ester groups is 2. The van der Waals surface area contributed by atoms with E-state index in [4.69, 9.17) is 18.1 Å². The maximum absolute atomic E-state index is 14.3. The first kappa shape index (κ1) is 48.3. The molecule has 10 unspecified atom stereocenters. The molecular weight excluding hydrogens is 909 g/mol. The summed E-state index contributed by atoms with van der Waals surface area (Å²) in [5, 5.41) is 0. The zero-order valence-electron chi connectivity index (χ0n) is 40.0. The minimum Gasteiger partial charge on any atom is -0.746 e. The molecule has 0 saturated carbocycles. The van der Waals surface area contributed by atoms with E-state index in [-0.39, 0.29) is 96.0 Å². The number of unbranched alkanes of at least 4 members (excludes halogenated alkanes) is 8. The van der Waals surface area contributed by atoms with Gasteiger partial charge >= 0.3 is 74.8 Å². The molecule has 0 amide bonds. The fourth-order valence-electron chi connectivity index (χ4n) is 14.7. The molecular formula is C56H58Na2O8P2. The fourth-order valence-corrected chi connectivity index (χ4v) is 16.3. The van der Waals surface area contributed by atoms with Gasteiger partial charge in [-0.3, -0.25) is 9.13 Å². The van der Waals surface area contributed by atoms with Crippen LogP contribution in [0.5, 0.6) is 11.5 Å². The Bertz CT molecular complexity index is 2610. The maximum atomic E-state index is 14.3. The third kappa shape index (κ3) is 7.50. The molecule has 5 aromatic carbocycles. The summed E-state index contributed by atoms with van der Waals surface area (Å²) in [6.45, 7) is 4.43. The Morgan fingerprint density at radius 3 is 0.971 bits per heavy atom. The first-order valence-corrected chi connectivity index (χ1v) is 28.1. The Morgan fingerprint density at radius 2 is 0.676 bits per heavy atom. The summed E-state index contributed by atoms with van der Waals surface area (Å²) in [5.74, 6) is 1.18. The summed E-state index contributed by atoms with van der Waals surface area (Å²) in [6, 6.07) is 27.2. The predicted octanol–water partition coefficient (Wildman–Crippen LogP) is 7.29. The van der Waals surface area contributed by atoms with Gasteiger partial charge in [-0.25, -0.2) is 0 Å². The van der Waals surface area contributed by atoms with Crippen molar-refractivity contribution in [1.82, 2.24) is 0 Å². The van der Waals surface area contributed by atoms with Gasteiger partial charge in [0.1, 0.15) is 11.5 Å². The van der Waals surface area contributed by atoms with Gasteiger partial charge in [0.05, 0.1) is 13.2 Å². The van der Waals surface area contributed by atoms with Crippen molar-refractivity contribution in [3.05, 3.63) is 162 Å². The van der Waals surface area contributed by atoms with E-state index in [1.165, 1.54) is 66.8 Å². The summed E-state index contributed by atoms with van der Waals surface area (Å²) >= 11 is 0. The molecule has 0 radical (unpaired) electrons. The van der Waals surface area contributed by atoms with E-state index >= 15 is 0 Å². The number of fused-ring (bicyclic) bond motifs is 32. The van der Waals surface area contributed by atoms with E-state index in [9.17, 15) is 18.9 Å². The molecule has 8 aliphatic rings. The summed E-state index contributed by atoms with van der Waals surface area (Å²) in [5.41, 5.74) is 18.8. The molecule has 0 aromatic heterocycles. The number of phosphoric acid groups is 2. The number of benzene rings is 5. The second-order valence-corrected chi connectivity index (χ2v) is 23.4. The van der Waals surface area contributed by atoms with Crippen molar-refractivity contribution < 1.29 is 96.1 Å². The van der Waals surface area contributed by atoms with E-state index in [1.54, 1.807) is 0 Å². The van der Waals surface area contributed by atoms with Crippen LogP contribution in [0, 0.1) is 0 Å². The minimum absolute atomic E-state index is 0. The molecule has 8 nitrogen and oxygen atoms in total. The van der Waals surface area contributed by atoms with Gasteiger partial charge in [0.2, 0.25) is 0 Å². The van der Waals surface area contributed by atoms with Crippen LogP contribution in [0.2, 0.25) is 0 Å². The quantitative estimate of drug-likeness (QED) is 0.0511. The minimum atomic E-state index is -4.88. The van der Waals surface area contributed by atoms with Crippen LogP contribution in [-0.2, 0) is 18.2 Å². The normalized spacial score (nSPS) is 26.1. The van der Waals surface area contributed by atoms with Gasteiger partial charge in [-0.1, -0.05) is 138 Å². The van der Waals surface area contributed by atoms with Crippen molar-refractivity contribution in [2.75, 3.05) is 13.2 Å². The van der Waals surface area contributed by atoms with Crippen LogP contribution in [0.3, 0.4) is 0 Å². The zero-order valence-corrected chi connectivity index (χ0v) is 45.8. The molecule has 0 spiro atoms. The predicted molar refractivity (Wildman–Crippen MR) is 251 cm³/mol. The Balaban J connectivity index is 0.00000253. The monoisotopic (exact) mass is 966 g/mol. The molecule has 0 fully saturated rings. The van der Waals surface area contributed by atoms with Crippen molar-refractivity contribution >= 4 is 15.6 Å². The molecule has 8 aliphatic carbocycles. The average Bonchev–Trinajstić information content (AvgIpc) is 4.20. The first-order chi connectivity index (χ1) is 32.1. The van der Waals surface area contributed by atoms with Gasteiger partial charge < -0.3 is 27.9 Å². The molecule has 12 heteroatoms. The van der Waals surface area contributed by atoms with Gasteiger partial charge in [-0.2, -0.15) is 0 Å². The van der Waals surface area contributed by atoms with Gasteiger partial charge in [-0.05, 0) is 105 Å². The van der Waals surface area contributed by atoms with Crippen LogP contribution >= 0.6 is 15.6 Å². The maximum Gasteiger partial charge on any atom is 1.00 e. The molecule has 8 bridgehead atoms. The Morgan fingerprint density at radius 1 is 0.412 bits per heavy atom. The van der Waals surface area contributed by atoms with E-state index in [0.717, 1.165) is 86.5 Å². The second-order valence-electron chi connectivity index (χ2n) is 20.7. The molecule has 13 rings (SSSR count). The van der Waals surface area contributed by atoms with Gasteiger partial charge in [0, 0.05) is 69.6 Å². The van der Waals surface area contributed by atoms with Crippen LogP contribution in [0.15, 0.2) is 72.8 Å². The standard InChI is InChI=1S/C56H60O8P2.2Na/c1-3-5-7-9-15-21-61-65(57,58)63-55-51-47-29-49(45-27-41-37-23-35(39(41)25-43(45)47)31-17-11-13-19-33(31)37)53(51)56(64-66(59,60)62-22-16-10-8-6-4-2)54-50-30-48(52(54)55)44-26-40-36-24-38(42(40)28-46(44)50)34-20-14-12-18-32(34)36;;/h11-14,17-20,25-28,35-38,47-50H,3-10,15-16,21-24,29-30H2,1-2H3,(H,57,58)(H,59,60);;/q;2*+1/p-2. The summed E-state index contributed by atoms with van der Waals surface area (Å²) in [4.78, 5) is 28.5. The van der Waals surface area contributed by atoms with E-state index in [0.29, 0.717) is 60.9 Å². The number of rotatable bonds is 18. The van der Waals surface area contributed by atoms with Crippen LogP contribution < -0.4 is 77.9 Å². The smallest absolute Gasteiger partial charge is 0.746 e. The Hall–Kier alpha value is -2.00. The molecule has 342 valence electrons. The van der Waals surface area contributed by atoms with E-state index in [2.05, 4.69) is 86.6 Å². The van der Waals surface area contributed by atoms with Gasteiger partial charge in [0.25, 0.3) is 0 Å². The summed E-state index contributed by atoms with van der Waals surface area (Å²) in [7, 11) is -9.76. The van der Waals surface area contributed by atoms with Crippen LogP contribution in [0.1, 0.15) is 240 Å². The SMILES string of the molecule is CCCCCCCOP(=O)([O-])Oc1c2c(c(OP(=O)([O-])OCCCCCCC)c3c1C1CC3c3cc4c(cc31)C1CC4c3ccccc31)C1CC2c2cc3c(cc21)C1CC3c2ccccc21.[Na+].[Na+]. The molecule has 0 N–H and O–H groups in total. The topological polar surface area (TPSA) is 117 Å². The second kappa shape index (κ2) is 18.5. The molecule has 5 aromatic rings. The molecule has 68 heavy (non-hydrogen) atoms. The molecule has 10 atom stereocenters. The summed E-state index contributed by atoms with van der Waals surface area (Å²) in [6.07, 6.45) is 12.9. The first-order valence-electron chi connectivity index (χ1n) is 25.2. The van der Waals surface area contributed by atoms with Gasteiger partial charge in [-0.15, -0.1) is 0 Å². The third-order valence-corrected chi connectivity index (χ3v) is 19.1. The molecule has 0 aliphatic heterocycles. The Kier molecular flexibility index (Phi) is 13.1. The third-order valence-electron chi connectivity index (χ3n) is 17.3. The van der Waals surface area contributed by atoms with Crippen LogP contribution in [0.25, 0.3) is 0 Å². The summed E-state index contributed by atoms with van der Waals surface area (Å²) < 4.78 is 52.9. The van der Waals surface area contributed by atoms with Crippen LogP contribution in [-0.4, -0.2) is 13.2 Å². The number of hydrogen-bond donors (Lipinski definition) is 0. The van der Waals surface area contributed by atoms with Crippen molar-refractivity contribution in [3.8, 4) is 11.5 Å². The fraction of sp³-hybridized carbons (Fsp3) is 0.464. The molecule has 0 saturated heterocycles. The van der Waals surface area contributed by atoms with E-state index in [1.807, 2.05) is 0 Å².